The minimum absolute atomic E-state index is 0.403. The molecule has 54 valence electrons. The fourth-order valence-electron chi connectivity index (χ4n) is 0.415. The molecule has 0 aliphatic rings. The van der Waals surface area contributed by atoms with Gasteiger partial charge in [-0.25, -0.2) is 5.84 Å². The molecule has 0 aromatic rings. The average molecular weight is 130 g/mol. The maximum atomic E-state index is 5.39. The highest BCUT2D eigenvalue weighted by atomic mass is 15.5. The van der Waals surface area contributed by atoms with E-state index in [1.54, 1.807) is 0 Å². The molecule has 0 amide bonds. The minimum Gasteiger partial charge on any atom is -0.369 e. The molecular weight excluding hydrogens is 116 g/mol. The summed E-state index contributed by atoms with van der Waals surface area (Å²) in [5.74, 6) is 5.78. The van der Waals surface area contributed by atoms with E-state index in [1.807, 2.05) is 13.8 Å². The predicted octanol–water partition coefficient (Wildman–Crippen LogP) is -0.483. The zero-order valence-corrected chi connectivity index (χ0v) is 5.96. The second-order valence-corrected chi connectivity index (χ2v) is 1.62. The Morgan fingerprint density at radius 2 is 2.11 bits per heavy atom. The molecule has 4 nitrogen and oxygen atoms in total. The van der Waals surface area contributed by atoms with E-state index in [0.29, 0.717) is 19.0 Å². The van der Waals surface area contributed by atoms with Crippen molar-refractivity contribution in [2.24, 2.45) is 16.6 Å². The number of hydrogen-bond donors (Lipinski definition) is 2. The van der Waals surface area contributed by atoms with Crippen molar-refractivity contribution in [2.45, 2.75) is 13.8 Å². The smallest absolute Gasteiger partial charge is 0.205 e. The maximum Gasteiger partial charge on any atom is 0.205 e. The SMILES string of the molecule is CCN=C(N)N(N)CC. The quantitative estimate of drug-likeness (QED) is 0.229. The third-order valence-electron chi connectivity index (χ3n) is 0.955. The van der Waals surface area contributed by atoms with E-state index in [2.05, 4.69) is 4.99 Å². The van der Waals surface area contributed by atoms with E-state index in [4.69, 9.17) is 11.6 Å². The molecule has 0 unspecified atom stereocenters. The summed E-state index contributed by atoms with van der Waals surface area (Å²) in [6.45, 7) is 5.20. The molecule has 9 heavy (non-hydrogen) atoms. The van der Waals surface area contributed by atoms with Gasteiger partial charge in [0.25, 0.3) is 0 Å². The first-order valence-electron chi connectivity index (χ1n) is 3.04. The summed E-state index contributed by atoms with van der Waals surface area (Å²) in [5, 5.41) is 1.41. The van der Waals surface area contributed by atoms with E-state index in [1.165, 1.54) is 5.01 Å². The lowest BCUT2D eigenvalue weighted by atomic mass is 10.7. The second kappa shape index (κ2) is 4.14. The normalized spacial score (nSPS) is 11.7. The highest BCUT2D eigenvalue weighted by molar-refractivity contribution is 5.77. The van der Waals surface area contributed by atoms with Gasteiger partial charge in [0.1, 0.15) is 0 Å². The van der Waals surface area contributed by atoms with Gasteiger partial charge in [0.05, 0.1) is 0 Å². The Morgan fingerprint density at radius 1 is 1.56 bits per heavy atom. The fourth-order valence-corrected chi connectivity index (χ4v) is 0.415. The van der Waals surface area contributed by atoms with E-state index < -0.39 is 0 Å². The van der Waals surface area contributed by atoms with Crippen LogP contribution in [0, 0.1) is 0 Å². The predicted molar refractivity (Wildman–Crippen MR) is 38.7 cm³/mol. The Balaban J connectivity index is 3.70. The number of nitrogens with two attached hydrogens (primary N) is 2. The molecule has 0 aromatic heterocycles. The molecule has 0 aliphatic heterocycles. The molecule has 0 fully saturated rings. The standard InChI is InChI=1S/C5H14N4/c1-3-8-5(6)9(7)4-2/h3-4,7H2,1-2H3,(H2,6,8). The maximum absolute atomic E-state index is 5.39. The molecule has 0 radical (unpaired) electrons. The lowest BCUT2D eigenvalue weighted by molar-refractivity contribution is 0.458. The van der Waals surface area contributed by atoms with Gasteiger partial charge >= 0.3 is 0 Å². The van der Waals surface area contributed by atoms with Crippen LogP contribution in [-0.2, 0) is 0 Å². The molecule has 0 spiro atoms. The average Bonchev–Trinajstić information content (AvgIpc) is 1.87. The van der Waals surface area contributed by atoms with Gasteiger partial charge in [0.15, 0.2) is 0 Å². The van der Waals surface area contributed by atoms with Gasteiger partial charge in [0.2, 0.25) is 5.96 Å². The molecular formula is C5H14N4. The molecule has 0 heterocycles. The Hall–Kier alpha value is -0.770. The van der Waals surface area contributed by atoms with Crippen molar-refractivity contribution in [2.75, 3.05) is 13.1 Å². The number of rotatable bonds is 2. The van der Waals surface area contributed by atoms with Crippen LogP contribution in [0.5, 0.6) is 0 Å². The third-order valence-corrected chi connectivity index (χ3v) is 0.955. The van der Waals surface area contributed by atoms with Gasteiger partial charge in [-0.15, -0.1) is 0 Å². The molecule has 0 saturated carbocycles. The van der Waals surface area contributed by atoms with Crippen molar-refractivity contribution in [3.05, 3.63) is 0 Å². The second-order valence-electron chi connectivity index (χ2n) is 1.62. The topological polar surface area (TPSA) is 67.6 Å². The number of guanidine groups is 1. The zero-order chi connectivity index (χ0) is 7.28. The highest BCUT2D eigenvalue weighted by Gasteiger charge is 1.94. The van der Waals surface area contributed by atoms with Crippen LogP contribution in [0.4, 0.5) is 0 Å². The van der Waals surface area contributed by atoms with Crippen molar-refractivity contribution < 1.29 is 0 Å². The molecule has 0 atom stereocenters. The van der Waals surface area contributed by atoms with Gasteiger partial charge in [-0.05, 0) is 13.8 Å². The van der Waals surface area contributed by atoms with Crippen LogP contribution in [0.3, 0.4) is 0 Å². The number of hydrogen-bond acceptors (Lipinski definition) is 2. The van der Waals surface area contributed by atoms with Crippen molar-refractivity contribution >= 4 is 5.96 Å². The molecule has 4 N–H and O–H groups in total. The Bertz CT molecular complexity index is 99.1. The first-order chi connectivity index (χ1) is 4.22. The van der Waals surface area contributed by atoms with E-state index in [0.717, 1.165) is 0 Å². The molecule has 0 bridgehead atoms. The third kappa shape index (κ3) is 2.92. The number of nitrogens with zero attached hydrogens (tertiary/aromatic N) is 2. The first-order valence-corrected chi connectivity index (χ1v) is 3.04. The number of hydrazine groups is 1. The Morgan fingerprint density at radius 3 is 2.44 bits per heavy atom. The largest absolute Gasteiger partial charge is 0.369 e. The van der Waals surface area contributed by atoms with Gasteiger partial charge in [-0.3, -0.25) is 10.0 Å². The fraction of sp³-hybridized carbons (Fsp3) is 0.800. The van der Waals surface area contributed by atoms with E-state index >= 15 is 0 Å². The molecule has 0 saturated heterocycles. The van der Waals surface area contributed by atoms with Gasteiger partial charge in [-0.2, -0.15) is 0 Å². The summed E-state index contributed by atoms with van der Waals surface area (Å²) >= 11 is 0. The summed E-state index contributed by atoms with van der Waals surface area (Å²) in [4.78, 5) is 3.89. The van der Waals surface area contributed by atoms with Crippen LogP contribution in [-0.4, -0.2) is 24.1 Å². The molecule has 0 rings (SSSR count). The van der Waals surface area contributed by atoms with Crippen molar-refractivity contribution in [3.63, 3.8) is 0 Å². The lowest BCUT2D eigenvalue weighted by Gasteiger charge is -2.13. The van der Waals surface area contributed by atoms with Crippen molar-refractivity contribution in [3.8, 4) is 0 Å². The summed E-state index contributed by atoms with van der Waals surface area (Å²) in [6.07, 6.45) is 0. The zero-order valence-electron chi connectivity index (χ0n) is 5.96. The van der Waals surface area contributed by atoms with Gasteiger partial charge in [0, 0.05) is 13.1 Å². The summed E-state index contributed by atoms with van der Waals surface area (Å²) < 4.78 is 0. The van der Waals surface area contributed by atoms with Gasteiger partial charge in [-0.1, -0.05) is 0 Å². The molecule has 4 heteroatoms. The van der Waals surface area contributed by atoms with Crippen LogP contribution in [0.1, 0.15) is 13.8 Å². The van der Waals surface area contributed by atoms with Gasteiger partial charge < -0.3 is 5.73 Å². The van der Waals surface area contributed by atoms with Crippen LogP contribution in [0.2, 0.25) is 0 Å². The van der Waals surface area contributed by atoms with Crippen LogP contribution in [0.25, 0.3) is 0 Å². The van der Waals surface area contributed by atoms with E-state index in [9.17, 15) is 0 Å². The molecule has 0 aromatic carbocycles. The van der Waals surface area contributed by atoms with Crippen molar-refractivity contribution in [1.82, 2.24) is 5.01 Å². The van der Waals surface area contributed by atoms with Crippen LogP contribution >= 0.6 is 0 Å². The minimum atomic E-state index is 0.403. The van der Waals surface area contributed by atoms with Crippen LogP contribution in [0.15, 0.2) is 4.99 Å². The number of aliphatic imine (C=N–C) groups is 1. The first kappa shape index (κ1) is 8.23. The monoisotopic (exact) mass is 130 g/mol. The summed E-state index contributed by atoms with van der Waals surface area (Å²) in [6, 6.07) is 0. The lowest BCUT2D eigenvalue weighted by Crippen LogP contribution is -2.42. The van der Waals surface area contributed by atoms with Crippen molar-refractivity contribution in [1.29, 1.82) is 0 Å². The summed E-state index contributed by atoms with van der Waals surface area (Å²) in [7, 11) is 0. The van der Waals surface area contributed by atoms with E-state index in [-0.39, 0.29) is 0 Å². The Labute approximate surface area is 55.5 Å². The Kier molecular flexibility index (Phi) is 3.79. The van der Waals surface area contributed by atoms with Crippen LogP contribution < -0.4 is 11.6 Å². The highest BCUT2D eigenvalue weighted by Crippen LogP contribution is 1.75. The summed E-state index contributed by atoms with van der Waals surface area (Å²) in [5.41, 5.74) is 5.39. The molecule has 0 aliphatic carbocycles.